The minimum atomic E-state index is -0.327. The lowest BCUT2D eigenvalue weighted by Crippen LogP contribution is -1.92. The molecule has 0 heterocycles. The van der Waals surface area contributed by atoms with Crippen molar-refractivity contribution >= 4 is 11.8 Å². The van der Waals surface area contributed by atoms with E-state index in [1.165, 1.54) is 18.2 Å². The maximum absolute atomic E-state index is 13.2. The summed E-state index contributed by atoms with van der Waals surface area (Å²) in [5.41, 5.74) is 0.829. The van der Waals surface area contributed by atoms with Crippen LogP contribution in [0.1, 0.15) is 25.3 Å². The molecule has 0 saturated carbocycles. The van der Waals surface area contributed by atoms with Crippen molar-refractivity contribution in [1.29, 1.82) is 0 Å². The molecule has 0 aliphatic carbocycles. The van der Waals surface area contributed by atoms with Gasteiger partial charge in [0.05, 0.1) is 5.69 Å². The second kappa shape index (κ2) is 3.97. The average Bonchev–Trinajstić information content (AvgIpc) is 2.04. The molecule has 13 heavy (non-hydrogen) atoms. The summed E-state index contributed by atoms with van der Waals surface area (Å²) >= 11 is 0. The van der Waals surface area contributed by atoms with E-state index < -0.39 is 0 Å². The number of isocyanates is 1. The Kier molecular flexibility index (Phi) is 2.93. The summed E-state index contributed by atoms with van der Waals surface area (Å²) in [5, 5.41) is 0. The van der Waals surface area contributed by atoms with Crippen LogP contribution < -0.4 is 0 Å². The Morgan fingerprint density at radius 1 is 1.46 bits per heavy atom. The molecule has 0 radical (unpaired) electrons. The monoisotopic (exact) mass is 179 g/mol. The molecule has 0 fully saturated rings. The van der Waals surface area contributed by atoms with Gasteiger partial charge in [-0.1, -0.05) is 19.9 Å². The lowest BCUT2D eigenvalue weighted by Gasteiger charge is -2.08. The number of benzene rings is 1. The Bertz CT molecular complexity index is 354. The van der Waals surface area contributed by atoms with Gasteiger partial charge in [0, 0.05) is 5.56 Å². The van der Waals surface area contributed by atoms with Gasteiger partial charge in [-0.25, -0.2) is 9.18 Å². The van der Waals surface area contributed by atoms with Crippen molar-refractivity contribution in [3.63, 3.8) is 0 Å². The van der Waals surface area contributed by atoms with E-state index in [0.29, 0.717) is 11.3 Å². The van der Waals surface area contributed by atoms with E-state index in [9.17, 15) is 9.18 Å². The molecule has 0 unspecified atom stereocenters. The van der Waals surface area contributed by atoms with Crippen molar-refractivity contribution < 1.29 is 9.18 Å². The molecule has 0 N–H and O–H groups in total. The summed E-state index contributed by atoms with van der Waals surface area (Å²) in [4.78, 5) is 13.5. The third-order valence-corrected chi connectivity index (χ3v) is 1.77. The van der Waals surface area contributed by atoms with Gasteiger partial charge in [0.1, 0.15) is 5.82 Å². The van der Waals surface area contributed by atoms with Crippen LogP contribution in [0, 0.1) is 5.82 Å². The topological polar surface area (TPSA) is 29.4 Å². The van der Waals surface area contributed by atoms with Gasteiger partial charge < -0.3 is 0 Å². The molecule has 1 rings (SSSR count). The van der Waals surface area contributed by atoms with Crippen LogP contribution >= 0.6 is 0 Å². The molecule has 2 nitrogen and oxygen atoms in total. The Balaban J connectivity index is 3.33. The second-order valence-corrected chi connectivity index (χ2v) is 3.03. The molecular formula is C10H10FNO. The molecular weight excluding hydrogens is 169 g/mol. The molecule has 0 atom stereocenters. The van der Waals surface area contributed by atoms with Crippen molar-refractivity contribution in [3.8, 4) is 0 Å². The van der Waals surface area contributed by atoms with E-state index in [0.717, 1.165) is 0 Å². The van der Waals surface area contributed by atoms with Crippen LogP contribution in [-0.2, 0) is 4.79 Å². The molecule has 0 spiro atoms. The molecule has 0 aromatic heterocycles. The number of hydrogen-bond donors (Lipinski definition) is 0. The zero-order valence-electron chi connectivity index (χ0n) is 7.54. The molecule has 0 aliphatic rings. The molecule has 0 bridgehead atoms. The predicted molar refractivity (Wildman–Crippen MR) is 48.3 cm³/mol. The third kappa shape index (κ3) is 2.01. The summed E-state index contributed by atoms with van der Waals surface area (Å²) in [6, 6.07) is 4.49. The minimum Gasteiger partial charge on any atom is -0.211 e. The van der Waals surface area contributed by atoms with Gasteiger partial charge in [0.25, 0.3) is 0 Å². The summed E-state index contributed by atoms with van der Waals surface area (Å²) in [5.74, 6) is -0.320. The van der Waals surface area contributed by atoms with Crippen LogP contribution in [0.4, 0.5) is 10.1 Å². The normalized spacial score (nSPS) is 9.85. The van der Waals surface area contributed by atoms with Gasteiger partial charge >= 0.3 is 0 Å². The van der Waals surface area contributed by atoms with E-state index in [1.807, 2.05) is 13.8 Å². The fraction of sp³-hybridized carbons (Fsp3) is 0.300. The van der Waals surface area contributed by atoms with Crippen molar-refractivity contribution in [2.24, 2.45) is 4.99 Å². The fourth-order valence-electron chi connectivity index (χ4n) is 1.24. The molecule has 0 aliphatic heterocycles. The maximum atomic E-state index is 13.2. The van der Waals surface area contributed by atoms with Crippen molar-refractivity contribution in [3.05, 3.63) is 29.6 Å². The maximum Gasteiger partial charge on any atom is 0.240 e. The van der Waals surface area contributed by atoms with Gasteiger partial charge in [-0.15, -0.1) is 0 Å². The number of halogens is 1. The Hall–Kier alpha value is -1.47. The Labute approximate surface area is 76.1 Å². The lowest BCUT2D eigenvalue weighted by atomic mass is 10.0. The van der Waals surface area contributed by atoms with Crippen molar-refractivity contribution in [2.45, 2.75) is 19.8 Å². The number of aliphatic imine (C=N–C) groups is 1. The van der Waals surface area contributed by atoms with Crippen LogP contribution in [0.3, 0.4) is 0 Å². The number of rotatable bonds is 2. The SMILES string of the molecule is CC(C)c1c(F)cccc1N=C=O. The number of carbonyl (C=O) groups excluding carboxylic acids is 1. The second-order valence-electron chi connectivity index (χ2n) is 3.03. The highest BCUT2D eigenvalue weighted by atomic mass is 19.1. The van der Waals surface area contributed by atoms with E-state index in [4.69, 9.17) is 0 Å². The summed E-state index contributed by atoms with van der Waals surface area (Å²) < 4.78 is 13.2. The zero-order valence-corrected chi connectivity index (χ0v) is 7.54. The van der Waals surface area contributed by atoms with E-state index in [-0.39, 0.29) is 11.7 Å². The standard InChI is InChI=1S/C10H10FNO/c1-7(2)10-8(11)4-3-5-9(10)12-6-13/h3-5,7H,1-2H3. The van der Waals surface area contributed by atoms with Gasteiger partial charge in [-0.05, 0) is 18.1 Å². The largest absolute Gasteiger partial charge is 0.240 e. The summed E-state index contributed by atoms with van der Waals surface area (Å²) in [6.07, 6.45) is 1.41. The first-order valence-electron chi connectivity index (χ1n) is 4.03. The summed E-state index contributed by atoms with van der Waals surface area (Å²) in [6.45, 7) is 3.70. The highest BCUT2D eigenvalue weighted by Crippen LogP contribution is 2.28. The highest BCUT2D eigenvalue weighted by Gasteiger charge is 2.10. The van der Waals surface area contributed by atoms with Crippen LogP contribution in [0.25, 0.3) is 0 Å². The molecule has 0 saturated heterocycles. The van der Waals surface area contributed by atoms with Gasteiger partial charge in [0.2, 0.25) is 6.08 Å². The third-order valence-electron chi connectivity index (χ3n) is 1.77. The first kappa shape index (κ1) is 9.62. The smallest absolute Gasteiger partial charge is 0.211 e. The molecule has 3 heteroatoms. The van der Waals surface area contributed by atoms with Crippen LogP contribution in [-0.4, -0.2) is 6.08 Å². The fourth-order valence-corrected chi connectivity index (χ4v) is 1.24. The first-order chi connectivity index (χ1) is 6.16. The predicted octanol–water partition coefficient (Wildman–Crippen LogP) is 2.92. The molecule has 68 valence electrons. The Morgan fingerprint density at radius 2 is 2.15 bits per heavy atom. The van der Waals surface area contributed by atoms with Crippen LogP contribution in [0.2, 0.25) is 0 Å². The lowest BCUT2D eigenvalue weighted by molar-refractivity contribution is 0.565. The van der Waals surface area contributed by atoms with Crippen LogP contribution in [0.5, 0.6) is 0 Å². The number of nitrogens with zero attached hydrogens (tertiary/aromatic N) is 1. The zero-order chi connectivity index (χ0) is 9.84. The quantitative estimate of drug-likeness (QED) is 0.507. The van der Waals surface area contributed by atoms with Crippen LogP contribution in [0.15, 0.2) is 23.2 Å². The van der Waals surface area contributed by atoms with E-state index in [2.05, 4.69) is 4.99 Å². The Morgan fingerprint density at radius 3 is 2.69 bits per heavy atom. The van der Waals surface area contributed by atoms with Crippen molar-refractivity contribution in [1.82, 2.24) is 0 Å². The highest BCUT2D eigenvalue weighted by molar-refractivity contribution is 5.55. The molecule has 0 amide bonds. The average molecular weight is 179 g/mol. The van der Waals surface area contributed by atoms with Crippen molar-refractivity contribution in [2.75, 3.05) is 0 Å². The van der Waals surface area contributed by atoms with Gasteiger partial charge in [0.15, 0.2) is 0 Å². The van der Waals surface area contributed by atoms with Gasteiger partial charge in [-0.2, -0.15) is 4.99 Å². The summed E-state index contributed by atoms with van der Waals surface area (Å²) in [7, 11) is 0. The number of hydrogen-bond acceptors (Lipinski definition) is 2. The minimum absolute atomic E-state index is 0.00769. The first-order valence-corrected chi connectivity index (χ1v) is 4.03. The van der Waals surface area contributed by atoms with E-state index >= 15 is 0 Å². The molecule has 1 aromatic carbocycles. The van der Waals surface area contributed by atoms with Gasteiger partial charge in [-0.3, -0.25) is 0 Å². The van der Waals surface area contributed by atoms with E-state index in [1.54, 1.807) is 6.07 Å². The molecule has 1 aromatic rings.